The normalized spacial score (nSPS) is 10.3. The Hall–Kier alpha value is -18.0. The molecule has 0 saturated heterocycles. The summed E-state index contributed by atoms with van der Waals surface area (Å²) in [6, 6.07) is 74.7. The largest absolute Gasteiger partial charge is 1.00 e. The Balaban J connectivity index is 0.000000208. The number of hydrogen-bond acceptors (Lipinski definition) is 28. The molecular weight excluding hydrogens is 1910 g/mol. The molecule has 3 amide bonds. The number of halogens is 1. The fraction of sp³-hybridized carbons (Fsp3) is 0.143. The number of aryl methyl sites for hydroxylation is 4. The maximum atomic E-state index is 13.1. The van der Waals surface area contributed by atoms with Crippen molar-refractivity contribution >= 4 is 81.2 Å². The Labute approximate surface area is 862 Å². The van der Waals surface area contributed by atoms with Crippen LogP contribution in [0.25, 0.3) is 89.8 Å². The van der Waals surface area contributed by atoms with Crippen LogP contribution >= 0.6 is 11.6 Å². The van der Waals surface area contributed by atoms with Gasteiger partial charge in [0.05, 0.1) is 100 Å². The van der Waals surface area contributed by atoms with E-state index in [2.05, 4.69) is 20.7 Å². The molecule has 0 fully saturated rings. The van der Waals surface area contributed by atoms with Crippen LogP contribution in [-0.2, 0) is 9.47 Å². The summed E-state index contributed by atoms with van der Waals surface area (Å²) in [5.74, 6) is 4.03. The Morgan fingerprint density at radius 3 is 0.776 bits per heavy atom. The van der Waals surface area contributed by atoms with Gasteiger partial charge in [0.15, 0.2) is 0 Å². The minimum atomic E-state index is -1.07. The number of carbonyl (C=O) groups excluding carboxylic acids is 6. The number of amides is 3. The zero-order valence-electron chi connectivity index (χ0n) is 81.9. The van der Waals surface area contributed by atoms with Gasteiger partial charge in [-0.25, -0.2) is 19.2 Å². The van der Waals surface area contributed by atoms with Crippen molar-refractivity contribution in [3.8, 4) is 159 Å². The molecule has 11 N–H and O–H groups in total. The first-order valence-electron chi connectivity index (χ1n) is 43.6. The predicted molar refractivity (Wildman–Crippen MR) is 551 cm³/mol. The standard InChI is InChI=1S/C29H27NO7.C28H25NO7.C25H19NO7.C16H15ClO4.C13H13NO3.CH4.Li.H2O/c1-17-23(29(32)36-5)16-24(37-17)18-9-11-21(12-10-18)30-28(31)20-8-6-7-19(13-20)27-25(34-3)14-22(33-2)15-26(27)35-4;1-16-22(28(31)32)15-23(36-16)17-8-10-20(11-9-17)29-27(30)19-7-5-6-18(12-19)26-24(34-3)13-21(33-2)14-25(26)35-4;1-13-19(25(31)32)12-22(33-13)14-5-7-17(8-6-14)26-24(30)16-4-2-3-15(9-16)23-20(28)10-18(27)11-21(23)29;1-19-12-8-13(20-2)15(14(9-12)21-3)10-5-4-6-11(7-10)16(17)18;1-8-11(13(15)16-2)7-12(17-8)9-3-5-10(14)6-4-9;;;/h6-16H,1-5H3,(H,30,31);5-15H,1-4H3,(H,29,30)(H,31,32);2-12,27-29H,1H3,(H,26,30)(H,31,32);4-9H,1-3H3;3-7H,14H2,1-2H3;1H4;;1H2/q;;;;;;+1;/p-1. The van der Waals surface area contributed by atoms with Gasteiger partial charge < -0.3 is 122 Å². The van der Waals surface area contributed by atoms with Crippen molar-refractivity contribution in [2.75, 3.05) is 99.9 Å². The molecule has 0 bridgehead atoms. The zero-order chi connectivity index (χ0) is 104. The summed E-state index contributed by atoms with van der Waals surface area (Å²) in [4.78, 5) is 95.9. The van der Waals surface area contributed by atoms with E-state index in [0.717, 1.165) is 45.5 Å². The second kappa shape index (κ2) is 51.6. The SMILES string of the molecule is C.COC(=O)c1cc(-c2ccc(N)cc2)oc1C.COC(=O)c1cc(-c2ccc(NC(=O)c3cccc(-c4c(OC)cc(OC)cc4OC)c3)cc2)oc1C.COc1cc(OC)c(-c2cccc(C(=O)Cl)c2)c(OC)c1.COc1cc(OC)c(-c2cccc(C(=O)Nc3ccc(-c4cc(C(=O)O)c(C)o4)cc3)c2)c(OC)c1.Cc1oc(-c2ccc(NC(=O)c3cccc(-c4c(O)cc(O)cc4O)c3)cc2)cc1C(=O)O.[Li+].[OH-]. The van der Waals surface area contributed by atoms with E-state index in [-0.39, 0.29) is 83.1 Å². The molecule has 33 nitrogen and oxygen atoms in total. The fourth-order valence-electron chi connectivity index (χ4n) is 15.0. The molecule has 0 unspecified atom stereocenters. The Kier molecular flexibility index (Phi) is 39.5. The van der Waals surface area contributed by atoms with E-state index < -0.39 is 35.0 Å². The number of nitrogens with one attached hydrogen (secondary N) is 3. The number of rotatable bonds is 28. The average molecular weight is 2010 g/mol. The Morgan fingerprint density at radius 2 is 0.537 bits per heavy atom. The minimum absolute atomic E-state index is 0. The molecule has 35 heteroatoms. The molecule has 0 aliphatic carbocycles. The van der Waals surface area contributed by atoms with Crippen LogP contribution in [0.2, 0.25) is 0 Å². The van der Waals surface area contributed by atoms with Gasteiger partial charge in [0.25, 0.3) is 23.0 Å². The van der Waals surface area contributed by atoms with Crippen molar-refractivity contribution in [1.82, 2.24) is 0 Å². The number of carboxylic acids is 2. The molecule has 4 aromatic heterocycles. The van der Waals surface area contributed by atoms with Crippen LogP contribution in [0.15, 0.2) is 285 Å². The number of nitrogen functional groups attached to an aromatic ring is 1. The van der Waals surface area contributed by atoms with Crippen LogP contribution in [-0.4, -0.2) is 156 Å². The van der Waals surface area contributed by atoms with E-state index in [4.69, 9.17) is 87.5 Å². The van der Waals surface area contributed by atoms with Gasteiger partial charge in [-0.15, -0.1) is 0 Å². The molecule has 12 aromatic carbocycles. The van der Waals surface area contributed by atoms with Gasteiger partial charge in [-0.05, 0) is 225 Å². The molecular formula is C112H104ClLiN4O29. The summed E-state index contributed by atoms with van der Waals surface area (Å²) < 4.78 is 80.6. The van der Waals surface area contributed by atoms with Gasteiger partial charge in [0.1, 0.15) is 137 Å². The monoisotopic (exact) mass is 2010 g/mol. The van der Waals surface area contributed by atoms with Crippen LogP contribution in [0.3, 0.4) is 0 Å². The molecule has 147 heavy (non-hydrogen) atoms. The summed E-state index contributed by atoms with van der Waals surface area (Å²) >= 11 is 5.54. The van der Waals surface area contributed by atoms with Crippen molar-refractivity contribution in [1.29, 1.82) is 0 Å². The van der Waals surface area contributed by atoms with E-state index in [1.54, 1.807) is 298 Å². The van der Waals surface area contributed by atoms with Crippen LogP contribution in [0.5, 0.6) is 69.0 Å². The molecule has 16 aromatic rings. The van der Waals surface area contributed by atoms with Gasteiger partial charge in [-0.1, -0.05) is 62.0 Å². The van der Waals surface area contributed by atoms with E-state index in [1.807, 2.05) is 30.3 Å². The predicted octanol–water partition coefficient (Wildman–Crippen LogP) is 20.7. The van der Waals surface area contributed by atoms with Crippen molar-refractivity contribution < 1.29 is 158 Å². The summed E-state index contributed by atoms with van der Waals surface area (Å²) in [5.41, 5.74) is 18.5. The van der Waals surface area contributed by atoms with E-state index in [0.29, 0.717) is 176 Å². The molecule has 16 rings (SSSR count). The number of methoxy groups -OCH3 is 11. The molecule has 754 valence electrons. The van der Waals surface area contributed by atoms with Crippen molar-refractivity contribution in [3.63, 3.8) is 0 Å². The number of ether oxygens (including phenoxy) is 11. The summed E-state index contributed by atoms with van der Waals surface area (Å²) in [6.45, 7) is 6.61. The molecule has 0 radical (unpaired) electrons. The van der Waals surface area contributed by atoms with Crippen LogP contribution in [0.1, 0.15) is 113 Å². The number of nitrogens with two attached hydrogens (primary N) is 1. The fourth-order valence-corrected chi connectivity index (χ4v) is 15.1. The zero-order valence-corrected chi connectivity index (χ0v) is 82.7. The van der Waals surface area contributed by atoms with Gasteiger partial charge >= 0.3 is 42.7 Å². The quantitative estimate of drug-likeness (QED) is 0.00951. The number of furan rings is 4. The molecule has 0 aliphatic rings. The number of benzene rings is 12. The van der Waals surface area contributed by atoms with Crippen molar-refractivity contribution in [2.45, 2.75) is 35.1 Å². The number of carbonyl (C=O) groups is 8. The number of phenols is 3. The van der Waals surface area contributed by atoms with Gasteiger partial charge in [-0.2, -0.15) is 0 Å². The van der Waals surface area contributed by atoms with Crippen LogP contribution < -0.4 is 83.2 Å². The van der Waals surface area contributed by atoms with E-state index >= 15 is 0 Å². The molecule has 0 atom stereocenters. The average Bonchev–Trinajstić information content (AvgIpc) is 1.73. The maximum Gasteiger partial charge on any atom is 1.00 e. The number of anilines is 4. The Morgan fingerprint density at radius 1 is 0.299 bits per heavy atom. The number of carboxylic acid groups (broad SMARTS) is 2. The van der Waals surface area contributed by atoms with Gasteiger partial charge in [-0.3, -0.25) is 19.2 Å². The summed E-state index contributed by atoms with van der Waals surface area (Å²) in [6.07, 6.45) is 0. The first-order valence-corrected chi connectivity index (χ1v) is 44.0. The molecule has 0 saturated carbocycles. The third-order valence-corrected chi connectivity index (χ3v) is 22.5. The van der Waals surface area contributed by atoms with E-state index in [9.17, 15) is 58.8 Å². The topological polar surface area (TPSA) is 484 Å². The second-order valence-corrected chi connectivity index (χ2v) is 31.7. The van der Waals surface area contributed by atoms with Gasteiger partial charge in [0.2, 0.25) is 0 Å². The summed E-state index contributed by atoms with van der Waals surface area (Å²) in [7, 11) is 16.8. The van der Waals surface area contributed by atoms with Crippen LogP contribution in [0, 0.1) is 27.7 Å². The molecule has 0 aliphatic heterocycles. The third kappa shape index (κ3) is 27.5. The first-order chi connectivity index (χ1) is 69.1. The molecule has 4 heterocycles. The number of phenolic OH excluding ortho intramolecular Hbond substituents is 3. The van der Waals surface area contributed by atoms with Crippen molar-refractivity contribution in [3.05, 3.63) is 334 Å². The maximum absolute atomic E-state index is 13.1. The second-order valence-electron chi connectivity index (χ2n) is 31.3. The number of aromatic carboxylic acids is 2. The van der Waals surface area contributed by atoms with Crippen LogP contribution in [0.4, 0.5) is 22.7 Å². The van der Waals surface area contributed by atoms with E-state index in [1.165, 1.54) is 32.4 Å². The third-order valence-electron chi connectivity index (χ3n) is 22.3. The smallest absolute Gasteiger partial charge is 0.870 e. The molecule has 0 spiro atoms. The van der Waals surface area contributed by atoms with Gasteiger partial charge in [0, 0.05) is 116 Å². The number of esters is 2. The number of aromatic hydroxyl groups is 3. The summed E-state index contributed by atoms with van der Waals surface area (Å²) in [5, 5.41) is 56.1. The number of hydrogen-bond donors (Lipinski definition) is 9. The van der Waals surface area contributed by atoms with Crippen molar-refractivity contribution in [2.24, 2.45) is 0 Å². The minimum Gasteiger partial charge on any atom is -0.870 e. The Bertz CT molecular complexity index is 7310. The first kappa shape index (κ1) is 113.